The molecule has 1 aromatic carbocycles. The van der Waals surface area contributed by atoms with Gasteiger partial charge < -0.3 is 15.4 Å². The van der Waals surface area contributed by atoms with Gasteiger partial charge in [-0.05, 0) is 52.0 Å². The zero-order chi connectivity index (χ0) is 18.6. The van der Waals surface area contributed by atoms with Crippen molar-refractivity contribution in [1.82, 2.24) is 5.32 Å². The molecule has 2 N–H and O–H groups in total. The number of nitro groups is 1. The number of benzene rings is 1. The fourth-order valence-electron chi connectivity index (χ4n) is 2.88. The highest BCUT2D eigenvalue weighted by molar-refractivity contribution is 5.68. The van der Waals surface area contributed by atoms with Crippen LogP contribution in [0.2, 0.25) is 0 Å². The molecule has 7 nitrogen and oxygen atoms in total. The van der Waals surface area contributed by atoms with E-state index in [2.05, 4.69) is 10.6 Å². The largest absolute Gasteiger partial charge is 0.444 e. The lowest BCUT2D eigenvalue weighted by Gasteiger charge is -2.21. The van der Waals surface area contributed by atoms with E-state index in [0.717, 1.165) is 25.3 Å². The topological polar surface area (TPSA) is 93.5 Å². The van der Waals surface area contributed by atoms with Crippen LogP contribution in [0.15, 0.2) is 18.2 Å². The monoisotopic (exact) mass is 353 g/mol. The van der Waals surface area contributed by atoms with Crippen LogP contribution in [-0.2, 0) is 4.74 Å². The molecule has 0 aromatic heterocycles. The summed E-state index contributed by atoms with van der Waals surface area (Å²) in [5, 5.41) is 16.5. The molecule has 2 atom stereocenters. The molecule has 0 bridgehead atoms. The molecular formula is C17H24FN3O4. The SMILES string of the molecule is CC(C)(C)OC(=O)N[C@@H]1CC[C@H](CNc2ccc([N+](=O)[O-])cc2F)C1. The number of ether oxygens (including phenoxy) is 1. The molecule has 0 unspecified atom stereocenters. The lowest BCUT2D eigenvalue weighted by Crippen LogP contribution is -2.38. The van der Waals surface area contributed by atoms with E-state index in [1.165, 1.54) is 12.1 Å². The van der Waals surface area contributed by atoms with Gasteiger partial charge in [0.2, 0.25) is 0 Å². The third kappa shape index (κ3) is 5.88. The van der Waals surface area contributed by atoms with Crippen LogP contribution in [0.3, 0.4) is 0 Å². The number of hydrogen-bond donors (Lipinski definition) is 2. The predicted molar refractivity (Wildman–Crippen MR) is 92.0 cm³/mol. The van der Waals surface area contributed by atoms with E-state index in [-0.39, 0.29) is 23.3 Å². The van der Waals surface area contributed by atoms with E-state index in [0.29, 0.717) is 6.54 Å². The van der Waals surface area contributed by atoms with Gasteiger partial charge in [0.15, 0.2) is 5.82 Å². The summed E-state index contributed by atoms with van der Waals surface area (Å²) in [4.78, 5) is 21.8. The highest BCUT2D eigenvalue weighted by Gasteiger charge is 2.27. The Morgan fingerprint density at radius 3 is 2.72 bits per heavy atom. The van der Waals surface area contributed by atoms with Gasteiger partial charge in [0.25, 0.3) is 5.69 Å². The Bertz CT molecular complexity index is 645. The van der Waals surface area contributed by atoms with E-state index < -0.39 is 22.4 Å². The number of hydrogen-bond acceptors (Lipinski definition) is 5. The first-order valence-electron chi connectivity index (χ1n) is 8.31. The van der Waals surface area contributed by atoms with E-state index in [9.17, 15) is 19.3 Å². The average molecular weight is 353 g/mol. The normalized spacial score (nSPS) is 20.2. The van der Waals surface area contributed by atoms with Crippen molar-refractivity contribution in [1.29, 1.82) is 0 Å². The first kappa shape index (κ1) is 19.0. The van der Waals surface area contributed by atoms with Gasteiger partial charge in [0.05, 0.1) is 16.7 Å². The number of nitrogens with zero attached hydrogens (tertiary/aromatic N) is 1. The highest BCUT2D eigenvalue weighted by Crippen LogP contribution is 2.27. The van der Waals surface area contributed by atoms with E-state index in [4.69, 9.17) is 4.74 Å². The van der Waals surface area contributed by atoms with Crippen molar-refractivity contribution >= 4 is 17.5 Å². The van der Waals surface area contributed by atoms with Crippen molar-refractivity contribution in [2.75, 3.05) is 11.9 Å². The van der Waals surface area contributed by atoms with Crippen LogP contribution >= 0.6 is 0 Å². The second-order valence-electron chi connectivity index (χ2n) is 7.32. The number of nitrogens with one attached hydrogen (secondary N) is 2. The van der Waals surface area contributed by atoms with Gasteiger partial charge in [-0.3, -0.25) is 10.1 Å². The molecule has 0 spiro atoms. The molecule has 1 fully saturated rings. The molecule has 8 heteroatoms. The lowest BCUT2D eigenvalue weighted by molar-refractivity contribution is -0.385. The molecule has 0 aliphatic heterocycles. The molecule has 1 aliphatic carbocycles. The van der Waals surface area contributed by atoms with Crippen molar-refractivity contribution in [2.45, 2.75) is 51.7 Å². The minimum absolute atomic E-state index is 0.0448. The second kappa shape index (κ2) is 7.67. The smallest absolute Gasteiger partial charge is 0.407 e. The zero-order valence-corrected chi connectivity index (χ0v) is 14.7. The third-order valence-corrected chi connectivity index (χ3v) is 4.01. The summed E-state index contributed by atoms with van der Waals surface area (Å²) in [5.74, 6) is -0.356. The Kier molecular flexibility index (Phi) is 5.81. The van der Waals surface area contributed by atoms with Gasteiger partial charge in [-0.2, -0.15) is 0 Å². The molecule has 1 aromatic rings. The number of anilines is 1. The summed E-state index contributed by atoms with van der Waals surface area (Å²) in [6.45, 7) is 5.98. The Hall–Kier alpha value is -2.38. The number of halogens is 1. The molecule has 2 rings (SSSR count). The van der Waals surface area contributed by atoms with Gasteiger partial charge in [-0.15, -0.1) is 0 Å². The molecule has 138 valence electrons. The predicted octanol–water partition coefficient (Wildman–Crippen LogP) is 3.84. The summed E-state index contributed by atoms with van der Waals surface area (Å²) in [5.41, 5.74) is -0.559. The summed E-state index contributed by atoms with van der Waals surface area (Å²) in [7, 11) is 0. The van der Waals surface area contributed by atoms with E-state index in [1.807, 2.05) is 20.8 Å². The maximum atomic E-state index is 13.9. The summed E-state index contributed by atoms with van der Waals surface area (Å²) >= 11 is 0. The van der Waals surface area contributed by atoms with Crippen LogP contribution in [0.1, 0.15) is 40.0 Å². The molecule has 25 heavy (non-hydrogen) atoms. The minimum Gasteiger partial charge on any atom is -0.444 e. The first-order valence-corrected chi connectivity index (χ1v) is 8.31. The van der Waals surface area contributed by atoms with E-state index in [1.54, 1.807) is 0 Å². The fraction of sp³-hybridized carbons (Fsp3) is 0.588. The van der Waals surface area contributed by atoms with Gasteiger partial charge in [0, 0.05) is 18.7 Å². The average Bonchev–Trinajstić information content (AvgIpc) is 2.91. The van der Waals surface area contributed by atoms with Crippen LogP contribution in [0.25, 0.3) is 0 Å². The Morgan fingerprint density at radius 1 is 1.40 bits per heavy atom. The van der Waals surface area contributed by atoms with Crippen LogP contribution in [-0.4, -0.2) is 29.2 Å². The number of nitro benzene ring substituents is 1. The third-order valence-electron chi connectivity index (χ3n) is 4.01. The zero-order valence-electron chi connectivity index (χ0n) is 14.7. The summed E-state index contributed by atoms with van der Waals surface area (Å²) in [6, 6.07) is 3.60. The molecule has 1 saturated carbocycles. The Morgan fingerprint density at radius 2 is 2.12 bits per heavy atom. The van der Waals surface area contributed by atoms with Crippen LogP contribution in [0.4, 0.5) is 20.6 Å². The van der Waals surface area contributed by atoms with Crippen molar-refractivity contribution in [3.63, 3.8) is 0 Å². The van der Waals surface area contributed by atoms with E-state index >= 15 is 0 Å². The summed E-state index contributed by atoms with van der Waals surface area (Å²) in [6.07, 6.45) is 2.10. The quantitative estimate of drug-likeness (QED) is 0.620. The standard InChI is InChI=1S/C17H24FN3O4/c1-17(2,3)25-16(22)20-12-5-4-11(8-12)10-19-15-7-6-13(21(23)24)9-14(15)18/h6-7,9,11-12,19H,4-5,8,10H2,1-3H3,(H,20,22)/t11-,12+/m0/s1. The maximum Gasteiger partial charge on any atom is 0.407 e. The number of amides is 1. The molecule has 0 saturated heterocycles. The first-order chi connectivity index (χ1) is 11.6. The van der Waals surface area contributed by atoms with Gasteiger partial charge in [0.1, 0.15) is 5.60 Å². The number of non-ortho nitro benzene ring substituents is 1. The molecular weight excluding hydrogens is 329 g/mol. The number of rotatable bonds is 5. The van der Waals surface area contributed by atoms with Gasteiger partial charge in [-0.25, -0.2) is 9.18 Å². The minimum atomic E-state index is -0.643. The molecule has 0 heterocycles. The van der Waals surface area contributed by atoms with Crippen molar-refractivity contribution in [3.05, 3.63) is 34.1 Å². The maximum absolute atomic E-state index is 13.9. The second-order valence-corrected chi connectivity index (χ2v) is 7.32. The van der Waals surface area contributed by atoms with Crippen molar-refractivity contribution in [3.8, 4) is 0 Å². The van der Waals surface area contributed by atoms with Gasteiger partial charge in [-0.1, -0.05) is 0 Å². The highest BCUT2D eigenvalue weighted by atomic mass is 19.1. The molecule has 1 aliphatic rings. The number of carbonyl (C=O) groups excluding carboxylic acids is 1. The fourth-order valence-corrected chi connectivity index (χ4v) is 2.88. The summed E-state index contributed by atoms with van der Waals surface area (Å²) < 4.78 is 19.1. The Labute approximate surface area is 146 Å². The van der Waals surface area contributed by atoms with Gasteiger partial charge >= 0.3 is 6.09 Å². The van der Waals surface area contributed by atoms with Crippen LogP contribution in [0, 0.1) is 21.8 Å². The molecule has 0 radical (unpaired) electrons. The number of carbonyl (C=O) groups is 1. The lowest BCUT2D eigenvalue weighted by atomic mass is 10.1. The van der Waals surface area contributed by atoms with Crippen LogP contribution in [0.5, 0.6) is 0 Å². The van der Waals surface area contributed by atoms with Crippen molar-refractivity contribution in [2.24, 2.45) is 5.92 Å². The Balaban J connectivity index is 1.80. The molecule has 1 amide bonds. The van der Waals surface area contributed by atoms with Crippen LogP contribution < -0.4 is 10.6 Å². The van der Waals surface area contributed by atoms with Crippen molar-refractivity contribution < 1.29 is 18.8 Å². The number of alkyl carbamates (subject to hydrolysis) is 1.